The molecule has 0 spiro atoms. The zero-order valence-corrected chi connectivity index (χ0v) is 10.9. The second-order valence-electron chi connectivity index (χ2n) is 4.44. The monoisotopic (exact) mass is 257 g/mol. The van der Waals surface area contributed by atoms with E-state index in [2.05, 4.69) is 4.98 Å². The van der Waals surface area contributed by atoms with Crippen molar-refractivity contribution in [3.63, 3.8) is 0 Å². The molecule has 2 heterocycles. The lowest BCUT2D eigenvalue weighted by Crippen LogP contribution is -2.47. The first-order valence-corrected chi connectivity index (χ1v) is 5.99. The van der Waals surface area contributed by atoms with E-state index in [0.29, 0.717) is 19.0 Å². The molecule has 1 aliphatic rings. The summed E-state index contributed by atoms with van der Waals surface area (Å²) < 4.78 is 7.16. The van der Waals surface area contributed by atoms with Crippen molar-refractivity contribution in [2.75, 3.05) is 18.0 Å². The predicted molar refractivity (Wildman–Crippen MR) is 66.7 cm³/mol. The van der Waals surface area contributed by atoms with Crippen molar-refractivity contribution in [2.24, 2.45) is 7.05 Å². The van der Waals surface area contributed by atoms with E-state index in [0.717, 1.165) is 0 Å². The van der Waals surface area contributed by atoms with E-state index in [1.807, 2.05) is 18.7 Å². The largest absolute Gasteiger partial charge is 0.372 e. The fourth-order valence-corrected chi connectivity index (χ4v) is 2.29. The van der Waals surface area contributed by atoms with E-state index < -0.39 is 0 Å². The number of hydrogen-bond donors (Lipinski definition) is 0. The molecule has 0 saturated carbocycles. The van der Waals surface area contributed by atoms with Crippen LogP contribution in [0.3, 0.4) is 0 Å². The van der Waals surface area contributed by atoms with Gasteiger partial charge < -0.3 is 9.64 Å². The van der Waals surface area contributed by atoms with E-state index in [4.69, 9.17) is 16.3 Å². The second kappa shape index (κ2) is 4.66. The summed E-state index contributed by atoms with van der Waals surface area (Å²) >= 11 is 5.83. The third kappa shape index (κ3) is 2.61. The SMILES string of the molecule is C[C@@H]1CN(c2nc(Cl)cc(=O)n2C)C[C@H](C)O1. The van der Waals surface area contributed by atoms with E-state index in [9.17, 15) is 4.79 Å². The summed E-state index contributed by atoms with van der Waals surface area (Å²) in [5.41, 5.74) is -0.146. The quantitative estimate of drug-likeness (QED) is 0.706. The van der Waals surface area contributed by atoms with Gasteiger partial charge in [-0.15, -0.1) is 0 Å². The van der Waals surface area contributed by atoms with Crippen LogP contribution in [-0.2, 0) is 11.8 Å². The molecule has 17 heavy (non-hydrogen) atoms. The van der Waals surface area contributed by atoms with Gasteiger partial charge in [0.15, 0.2) is 0 Å². The van der Waals surface area contributed by atoms with Crippen LogP contribution in [0, 0.1) is 0 Å². The topological polar surface area (TPSA) is 47.4 Å². The lowest BCUT2D eigenvalue weighted by Gasteiger charge is -2.36. The number of anilines is 1. The Kier molecular flexibility index (Phi) is 3.40. The molecular formula is C11H16ClN3O2. The summed E-state index contributed by atoms with van der Waals surface area (Å²) in [7, 11) is 1.70. The smallest absolute Gasteiger partial charge is 0.256 e. The van der Waals surface area contributed by atoms with Crippen LogP contribution in [0.1, 0.15) is 13.8 Å². The average Bonchev–Trinajstić information content (AvgIpc) is 2.22. The van der Waals surface area contributed by atoms with Crippen molar-refractivity contribution in [1.82, 2.24) is 9.55 Å². The van der Waals surface area contributed by atoms with Gasteiger partial charge in [-0.1, -0.05) is 11.6 Å². The van der Waals surface area contributed by atoms with Crippen molar-refractivity contribution in [3.8, 4) is 0 Å². The molecule has 0 unspecified atom stereocenters. The molecule has 0 N–H and O–H groups in total. The summed E-state index contributed by atoms with van der Waals surface area (Å²) in [6, 6.07) is 1.32. The third-order valence-electron chi connectivity index (χ3n) is 2.78. The highest BCUT2D eigenvalue weighted by Crippen LogP contribution is 2.18. The number of nitrogens with zero attached hydrogens (tertiary/aromatic N) is 3. The maximum absolute atomic E-state index is 11.6. The highest BCUT2D eigenvalue weighted by molar-refractivity contribution is 6.29. The van der Waals surface area contributed by atoms with E-state index in [-0.39, 0.29) is 22.9 Å². The van der Waals surface area contributed by atoms with Gasteiger partial charge in [0, 0.05) is 26.2 Å². The molecule has 1 saturated heterocycles. The van der Waals surface area contributed by atoms with Gasteiger partial charge in [-0.05, 0) is 13.8 Å². The molecular weight excluding hydrogens is 242 g/mol. The number of ether oxygens (including phenoxy) is 1. The van der Waals surface area contributed by atoms with E-state index >= 15 is 0 Å². The van der Waals surface area contributed by atoms with Crippen LogP contribution in [0.4, 0.5) is 5.95 Å². The van der Waals surface area contributed by atoms with Crippen molar-refractivity contribution in [2.45, 2.75) is 26.1 Å². The van der Waals surface area contributed by atoms with Gasteiger partial charge in [-0.2, -0.15) is 0 Å². The van der Waals surface area contributed by atoms with Crippen LogP contribution in [0.25, 0.3) is 0 Å². The van der Waals surface area contributed by atoms with Crippen molar-refractivity contribution in [3.05, 3.63) is 21.6 Å². The van der Waals surface area contributed by atoms with Crippen LogP contribution in [-0.4, -0.2) is 34.8 Å². The standard InChI is InChI=1S/C11H16ClN3O2/c1-7-5-15(6-8(2)17-7)11-13-9(12)4-10(16)14(11)3/h4,7-8H,5-6H2,1-3H3/t7-,8+. The molecule has 1 aromatic heterocycles. The first kappa shape index (κ1) is 12.4. The molecule has 0 aliphatic carbocycles. The van der Waals surface area contributed by atoms with Crippen LogP contribution >= 0.6 is 11.6 Å². The molecule has 0 radical (unpaired) electrons. The van der Waals surface area contributed by atoms with Crippen LogP contribution < -0.4 is 10.5 Å². The minimum atomic E-state index is -0.146. The second-order valence-corrected chi connectivity index (χ2v) is 4.83. The molecule has 0 aromatic carbocycles. The minimum Gasteiger partial charge on any atom is -0.372 e. The zero-order valence-electron chi connectivity index (χ0n) is 10.2. The van der Waals surface area contributed by atoms with Gasteiger partial charge in [0.1, 0.15) is 5.15 Å². The third-order valence-corrected chi connectivity index (χ3v) is 2.98. The molecule has 1 aromatic rings. The maximum atomic E-state index is 11.6. The summed E-state index contributed by atoms with van der Waals surface area (Å²) in [5, 5.41) is 0.231. The van der Waals surface area contributed by atoms with E-state index in [1.54, 1.807) is 7.05 Å². The van der Waals surface area contributed by atoms with Gasteiger partial charge in [0.2, 0.25) is 5.95 Å². The number of halogens is 1. The number of rotatable bonds is 1. The summed E-state index contributed by atoms with van der Waals surface area (Å²) in [6.45, 7) is 5.44. The van der Waals surface area contributed by atoms with Crippen molar-refractivity contribution >= 4 is 17.5 Å². The molecule has 2 rings (SSSR count). The average molecular weight is 258 g/mol. The molecule has 6 heteroatoms. The Morgan fingerprint density at radius 3 is 2.59 bits per heavy atom. The molecule has 0 amide bonds. The lowest BCUT2D eigenvalue weighted by molar-refractivity contribution is -0.00593. The molecule has 2 atom stereocenters. The highest BCUT2D eigenvalue weighted by atomic mass is 35.5. The first-order chi connectivity index (χ1) is 7.97. The van der Waals surface area contributed by atoms with Gasteiger partial charge in [0.25, 0.3) is 5.56 Å². The summed E-state index contributed by atoms with van der Waals surface area (Å²) in [5.74, 6) is 0.601. The van der Waals surface area contributed by atoms with E-state index in [1.165, 1.54) is 10.6 Å². The van der Waals surface area contributed by atoms with Crippen molar-refractivity contribution in [1.29, 1.82) is 0 Å². The fraction of sp³-hybridized carbons (Fsp3) is 0.636. The molecule has 5 nitrogen and oxygen atoms in total. The molecule has 0 bridgehead atoms. The Labute approximate surface area is 105 Å². The Bertz CT molecular complexity index is 464. The zero-order chi connectivity index (χ0) is 12.6. The minimum absolute atomic E-state index is 0.120. The number of hydrogen-bond acceptors (Lipinski definition) is 4. The fourth-order valence-electron chi connectivity index (χ4n) is 2.12. The van der Waals surface area contributed by atoms with Crippen molar-refractivity contribution < 1.29 is 4.74 Å². The molecule has 94 valence electrons. The van der Waals surface area contributed by atoms with Crippen LogP contribution in [0.2, 0.25) is 5.15 Å². The van der Waals surface area contributed by atoms with Crippen LogP contribution in [0.15, 0.2) is 10.9 Å². The van der Waals surface area contributed by atoms with Crippen LogP contribution in [0.5, 0.6) is 0 Å². The Morgan fingerprint density at radius 2 is 2.00 bits per heavy atom. The van der Waals surface area contributed by atoms with Gasteiger partial charge in [0.05, 0.1) is 12.2 Å². The highest BCUT2D eigenvalue weighted by Gasteiger charge is 2.25. The predicted octanol–water partition coefficient (Wildman–Crippen LogP) is 1.05. The normalized spacial score (nSPS) is 25.1. The molecule has 1 fully saturated rings. The number of morpholine rings is 1. The Morgan fingerprint density at radius 1 is 1.41 bits per heavy atom. The summed E-state index contributed by atoms with van der Waals surface area (Å²) in [4.78, 5) is 17.9. The Balaban J connectivity index is 2.36. The van der Waals surface area contributed by atoms with Gasteiger partial charge in [-0.3, -0.25) is 9.36 Å². The Hall–Kier alpha value is -1.07. The molecule has 1 aliphatic heterocycles. The van der Waals surface area contributed by atoms with Gasteiger partial charge in [-0.25, -0.2) is 4.98 Å². The number of aromatic nitrogens is 2. The maximum Gasteiger partial charge on any atom is 0.256 e. The summed E-state index contributed by atoms with van der Waals surface area (Å²) in [6.07, 6.45) is 0.240. The van der Waals surface area contributed by atoms with Gasteiger partial charge >= 0.3 is 0 Å². The first-order valence-electron chi connectivity index (χ1n) is 5.61. The lowest BCUT2D eigenvalue weighted by atomic mass is 10.2.